The van der Waals surface area contributed by atoms with Gasteiger partial charge in [0.2, 0.25) is 10.0 Å². The summed E-state index contributed by atoms with van der Waals surface area (Å²) in [5.41, 5.74) is 5.95. The number of nitrogen functional groups attached to an aromatic ring is 1. The molecule has 1 saturated carbocycles. The Morgan fingerprint density at radius 1 is 1.50 bits per heavy atom. The Labute approximate surface area is 125 Å². The van der Waals surface area contributed by atoms with E-state index in [-0.39, 0.29) is 16.0 Å². The van der Waals surface area contributed by atoms with Crippen molar-refractivity contribution in [3.8, 4) is 0 Å². The van der Waals surface area contributed by atoms with Gasteiger partial charge in [0.1, 0.15) is 0 Å². The van der Waals surface area contributed by atoms with Gasteiger partial charge in [0.15, 0.2) is 0 Å². The van der Waals surface area contributed by atoms with E-state index in [2.05, 4.69) is 9.62 Å². The van der Waals surface area contributed by atoms with Gasteiger partial charge in [-0.2, -0.15) is 0 Å². The second-order valence-corrected chi connectivity index (χ2v) is 7.46. The van der Waals surface area contributed by atoms with Crippen molar-refractivity contribution < 1.29 is 8.42 Å². The molecule has 1 aromatic rings. The third kappa shape index (κ3) is 3.63. The number of likely N-dealkylation sites (N-methyl/N-ethyl adjacent to an activating group) is 1. The summed E-state index contributed by atoms with van der Waals surface area (Å²) in [5.74, 6) is 0. The maximum atomic E-state index is 12.2. The van der Waals surface area contributed by atoms with Crippen LogP contribution in [0.25, 0.3) is 0 Å². The summed E-state index contributed by atoms with van der Waals surface area (Å²) in [6.07, 6.45) is 2.39. The average Bonchev–Trinajstić information content (AvgIpc) is 3.22. The molecule has 0 bridgehead atoms. The van der Waals surface area contributed by atoms with Crippen LogP contribution in [0.4, 0.5) is 5.69 Å². The second-order valence-electron chi connectivity index (χ2n) is 5.28. The number of hydrogen-bond acceptors (Lipinski definition) is 4. The summed E-state index contributed by atoms with van der Waals surface area (Å²) < 4.78 is 27.0. The SMILES string of the molecule is CC(CNS(=O)(=O)c1ccc(N)c(Cl)c1)N(C)C1CC1. The molecule has 1 aromatic carbocycles. The lowest BCUT2D eigenvalue weighted by Gasteiger charge is -2.24. The number of halogens is 1. The molecule has 0 saturated heterocycles. The van der Waals surface area contributed by atoms with Crippen LogP contribution >= 0.6 is 11.6 Å². The molecule has 2 rings (SSSR count). The van der Waals surface area contributed by atoms with E-state index in [0.29, 0.717) is 18.3 Å². The minimum atomic E-state index is -3.55. The van der Waals surface area contributed by atoms with Crippen LogP contribution in [0.5, 0.6) is 0 Å². The van der Waals surface area contributed by atoms with Gasteiger partial charge in [-0.15, -0.1) is 0 Å². The highest BCUT2D eigenvalue weighted by atomic mass is 35.5. The highest BCUT2D eigenvalue weighted by molar-refractivity contribution is 7.89. The van der Waals surface area contributed by atoms with Gasteiger partial charge in [0.05, 0.1) is 15.6 Å². The normalized spacial score (nSPS) is 17.4. The Hall–Kier alpha value is -0.820. The molecule has 112 valence electrons. The van der Waals surface area contributed by atoms with Crippen LogP contribution in [0.1, 0.15) is 19.8 Å². The lowest BCUT2D eigenvalue weighted by atomic mass is 10.3. The Morgan fingerprint density at radius 2 is 2.15 bits per heavy atom. The highest BCUT2D eigenvalue weighted by Gasteiger charge is 2.29. The Morgan fingerprint density at radius 3 is 2.70 bits per heavy atom. The zero-order chi connectivity index (χ0) is 14.9. The quantitative estimate of drug-likeness (QED) is 0.783. The average molecular weight is 318 g/mol. The lowest BCUT2D eigenvalue weighted by molar-refractivity contribution is 0.248. The van der Waals surface area contributed by atoms with E-state index in [9.17, 15) is 8.42 Å². The molecule has 0 aromatic heterocycles. The molecule has 0 amide bonds. The van der Waals surface area contributed by atoms with E-state index in [4.69, 9.17) is 17.3 Å². The zero-order valence-corrected chi connectivity index (χ0v) is 13.2. The van der Waals surface area contributed by atoms with Gasteiger partial charge in [-0.1, -0.05) is 11.6 Å². The van der Waals surface area contributed by atoms with Gasteiger partial charge in [-0.05, 0) is 45.0 Å². The van der Waals surface area contributed by atoms with Gasteiger partial charge in [-0.3, -0.25) is 4.90 Å². The number of nitrogens with two attached hydrogens (primary N) is 1. The molecule has 1 fully saturated rings. The smallest absolute Gasteiger partial charge is 0.240 e. The lowest BCUT2D eigenvalue weighted by Crippen LogP contribution is -2.41. The van der Waals surface area contributed by atoms with Crippen molar-refractivity contribution in [3.63, 3.8) is 0 Å². The predicted molar refractivity (Wildman–Crippen MR) is 81.3 cm³/mol. The monoisotopic (exact) mass is 317 g/mol. The fraction of sp³-hybridized carbons (Fsp3) is 0.538. The Kier molecular flexibility index (Phi) is 4.59. The van der Waals surface area contributed by atoms with Crippen molar-refractivity contribution >= 4 is 27.3 Å². The summed E-state index contributed by atoms with van der Waals surface area (Å²) in [6.45, 7) is 2.38. The number of anilines is 1. The van der Waals surface area contributed by atoms with Crippen molar-refractivity contribution in [2.45, 2.75) is 36.7 Å². The van der Waals surface area contributed by atoms with Crippen molar-refractivity contribution in [2.75, 3.05) is 19.3 Å². The first kappa shape index (κ1) is 15.6. The number of sulfonamides is 1. The zero-order valence-electron chi connectivity index (χ0n) is 11.6. The molecule has 1 aliphatic rings. The third-order valence-corrected chi connectivity index (χ3v) is 5.42. The van der Waals surface area contributed by atoms with Gasteiger partial charge in [-0.25, -0.2) is 13.1 Å². The number of nitrogens with one attached hydrogen (secondary N) is 1. The predicted octanol–water partition coefficient (Wildman–Crippen LogP) is 1.68. The van der Waals surface area contributed by atoms with Crippen molar-refractivity contribution in [1.29, 1.82) is 0 Å². The van der Waals surface area contributed by atoms with Gasteiger partial charge in [0.25, 0.3) is 0 Å². The van der Waals surface area contributed by atoms with Crippen LogP contribution in [-0.4, -0.2) is 39.0 Å². The minimum absolute atomic E-state index is 0.137. The van der Waals surface area contributed by atoms with Crippen molar-refractivity contribution in [1.82, 2.24) is 9.62 Å². The first-order valence-corrected chi connectivity index (χ1v) is 8.44. The van der Waals surface area contributed by atoms with E-state index in [1.807, 2.05) is 14.0 Å². The van der Waals surface area contributed by atoms with E-state index in [1.54, 1.807) is 0 Å². The third-order valence-electron chi connectivity index (χ3n) is 3.67. The summed E-state index contributed by atoms with van der Waals surface area (Å²) >= 11 is 5.86. The standard InChI is InChI=1S/C13H20ClN3O2S/c1-9(17(2)10-3-4-10)8-16-20(18,19)11-5-6-13(15)12(14)7-11/h5-7,9-10,16H,3-4,8,15H2,1-2H3. The molecule has 0 aliphatic heterocycles. The Balaban J connectivity index is 2.01. The van der Waals surface area contributed by atoms with Crippen molar-refractivity contribution in [3.05, 3.63) is 23.2 Å². The first-order chi connectivity index (χ1) is 9.31. The maximum Gasteiger partial charge on any atom is 0.240 e. The van der Waals surface area contributed by atoms with Crippen LogP contribution in [-0.2, 0) is 10.0 Å². The molecule has 1 atom stereocenters. The molecule has 0 spiro atoms. The molecular weight excluding hydrogens is 298 g/mol. The number of benzene rings is 1. The van der Waals surface area contributed by atoms with E-state index >= 15 is 0 Å². The minimum Gasteiger partial charge on any atom is -0.398 e. The van der Waals surface area contributed by atoms with Crippen LogP contribution in [0, 0.1) is 0 Å². The molecule has 20 heavy (non-hydrogen) atoms. The van der Waals surface area contributed by atoms with E-state index in [1.165, 1.54) is 31.0 Å². The van der Waals surface area contributed by atoms with Crippen LogP contribution < -0.4 is 10.5 Å². The number of rotatable bonds is 6. The molecule has 5 nitrogen and oxygen atoms in total. The largest absolute Gasteiger partial charge is 0.398 e. The summed E-state index contributed by atoms with van der Waals surface area (Å²) in [4.78, 5) is 2.34. The second kappa shape index (κ2) is 5.89. The number of hydrogen-bond donors (Lipinski definition) is 2. The summed E-state index contributed by atoms with van der Waals surface area (Å²) in [5, 5.41) is 0.246. The molecule has 3 N–H and O–H groups in total. The van der Waals surface area contributed by atoms with Crippen LogP contribution in [0.15, 0.2) is 23.1 Å². The Bertz CT molecular complexity index is 587. The first-order valence-electron chi connectivity index (χ1n) is 6.58. The van der Waals surface area contributed by atoms with Gasteiger partial charge >= 0.3 is 0 Å². The fourth-order valence-corrected chi connectivity index (χ4v) is 3.37. The van der Waals surface area contributed by atoms with E-state index < -0.39 is 10.0 Å². The molecule has 1 aliphatic carbocycles. The highest BCUT2D eigenvalue weighted by Crippen LogP contribution is 2.27. The van der Waals surface area contributed by atoms with E-state index in [0.717, 1.165) is 0 Å². The molecule has 1 unspecified atom stereocenters. The van der Waals surface area contributed by atoms with Crippen LogP contribution in [0.3, 0.4) is 0 Å². The topological polar surface area (TPSA) is 75.4 Å². The molecule has 0 heterocycles. The molecular formula is C13H20ClN3O2S. The number of nitrogens with zero attached hydrogens (tertiary/aromatic N) is 1. The summed E-state index contributed by atoms with van der Waals surface area (Å²) in [6, 6.07) is 5.08. The molecule has 0 radical (unpaired) electrons. The van der Waals surface area contributed by atoms with Crippen molar-refractivity contribution in [2.24, 2.45) is 0 Å². The maximum absolute atomic E-state index is 12.2. The fourth-order valence-electron chi connectivity index (χ4n) is 1.97. The molecule has 7 heteroatoms. The van der Waals surface area contributed by atoms with Gasteiger partial charge < -0.3 is 5.73 Å². The summed E-state index contributed by atoms with van der Waals surface area (Å²) in [7, 11) is -1.53. The van der Waals surface area contributed by atoms with Crippen LogP contribution in [0.2, 0.25) is 5.02 Å². The van der Waals surface area contributed by atoms with Gasteiger partial charge in [0, 0.05) is 18.6 Å².